The highest BCUT2D eigenvalue weighted by Crippen LogP contribution is 2.26. The van der Waals surface area contributed by atoms with E-state index < -0.39 is 5.97 Å². The molecule has 0 aliphatic rings. The normalized spacial score (nSPS) is 10.4. The Balaban J connectivity index is 2.95. The monoisotopic (exact) mass is 309 g/mol. The van der Waals surface area contributed by atoms with E-state index in [0.29, 0.717) is 29.6 Å². The Morgan fingerprint density at radius 1 is 1.32 bits per heavy atom. The third-order valence-electron chi connectivity index (χ3n) is 3.00. The number of aliphatic carboxylic acids is 1. The van der Waals surface area contributed by atoms with Crippen molar-refractivity contribution in [2.45, 2.75) is 20.3 Å². The van der Waals surface area contributed by atoms with E-state index in [1.807, 2.05) is 13.8 Å². The zero-order chi connectivity index (χ0) is 16.7. The van der Waals surface area contributed by atoms with Crippen LogP contribution in [0.1, 0.15) is 30.6 Å². The summed E-state index contributed by atoms with van der Waals surface area (Å²) in [6.07, 6.45) is -0.0966. The van der Waals surface area contributed by atoms with Crippen LogP contribution in [0.4, 0.5) is 0 Å². The Bertz CT molecular complexity index is 527. The van der Waals surface area contributed by atoms with Gasteiger partial charge in [0.2, 0.25) is 0 Å². The summed E-state index contributed by atoms with van der Waals surface area (Å²) in [5.74, 6) is 0.149. The van der Waals surface area contributed by atoms with E-state index in [9.17, 15) is 9.59 Å². The third-order valence-corrected chi connectivity index (χ3v) is 3.00. The molecule has 0 aliphatic heterocycles. The molecular weight excluding hydrogens is 286 g/mol. The lowest BCUT2D eigenvalue weighted by Crippen LogP contribution is -2.29. The maximum atomic E-state index is 12.4. The molecule has 0 bridgehead atoms. The molecule has 0 saturated carbocycles. The lowest BCUT2D eigenvalue weighted by molar-refractivity contribution is -0.137. The van der Waals surface area contributed by atoms with Gasteiger partial charge in [0.25, 0.3) is 5.91 Å². The number of nitrogens with zero attached hydrogens (tertiary/aromatic N) is 1. The van der Waals surface area contributed by atoms with E-state index in [0.717, 1.165) is 0 Å². The van der Waals surface area contributed by atoms with Gasteiger partial charge in [-0.2, -0.15) is 0 Å². The molecule has 1 N–H and O–H groups in total. The molecule has 0 aromatic heterocycles. The maximum Gasteiger partial charge on any atom is 0.305 e. The summed E-state index contributed by atoms with van der Waals surface area (Å²) in [4.78, 5) is 24.4. The number of carboxylic acid groups (broad SMARTS) is 1. The van der Waals surface area contributed by atoms with Crippen molar-refractivity contribution in [2.24, 2.45) is 5.92 Å². The zero-order valence-electron chi connectivity index (χ0n) is 13.5. The van der Waals surface area contributed by atoms with Crippen molar-refractivity contribution in [3.63, 3.8) is 0 Å². The Hall–Kier alpha value is -2.24. The van der Waals surface area contributed by atoms with Gasteiger partial charge in [-0.05, 0) is 18.1 Å². The molecule has 122 valence electrons. The lowest BCUT2D eigenvalue weighted by atomic mass is 10.1. The molecule has 1 amide bonds. The number of methoxy groups -OCH3 is 1. The van der Waals surface area contributed by atoms with Crippen LogP contribution in [-0.4, -0.2) is 49.2 Å². The van der Waals surface area contributed by atoms with Crippen molar-refractivity contribution in [2.75, 3.05) is 27.3 Å². The first-order valence-electron chi connectivity index (χ1n) is 7.13. The molecule has 1 rings (SSSR count). The van der Waals surface area contributed by atoms with Crippen LogP contribution in [-0.2, 0) is 4.79 Å². The number of carboxylic acids is 1. The van der Waals surface area contributed by atoms with Gasteiger partial charge in [0, 0.05) is 19.7 Å². The Morgan fingerprint density at radius 2 is 2.00 bits per heavy atom. The number of hydrogen-bond acceptors (Lipinski definition) is 4. The molecule has 0 saturated heterocycles. The molecule has 0 atom stereocenters. The Morgan fingerprint density at radius 3 is 2.55 bits per heavy atom. The Labute approximate surface area is 130 Å². The second kappa shape index (κ2) is 8.26. The number of rotatable bonds is 8. The van der Waals surface area contributed by atoms with Gasteiger partial charge in [-0.15, -0.1) is 0 Å². The van der Waals surface area contributed by atoms with E-state index in [2.05, 4.69) is 0 Å². The molecule has 0 fully saturated rings. The smallest absolute Gasteiger partial charge is 0.305 e. The first-order chi connectivity index (χ1) is 10.3. The molecule has 0 unspecified atom stereocenters. The van der Waals surface area contributed by atoms with E-state index in [1.54, 1.807) is 32.4 Å². The first-order valence-corrected chi connectivity index (χ1v) is 7.13. The average molecular weight is 309 g/mol. The van der Waals surface area contributed by atoms with Crippen LogP contribution in [0.25, 0.3) is 0 Å². The predicted molar refractivity (Wildman–Crippen MR) is 82.5 cm³/mol. The van der Waals surface area contributed by atoms with Crippen molar-refractivity contribution in [1.82, 2.24) is 4.90 Å². The topological polar surface area (TPSA) is 76.1 Å². The van der Waals surface area contributed by atoms with E-state index in [-0.39, 0.29) is 18.9 Å². The standard InChI is InChI=1S/C16H23NO5/c1-11(2)10-22-14-9-12(21-4)5-6-13(14)16(20)17(3)8-7-15(18)19/h5-6,9,11H,7-8,10H2,1-4H3,(H,18,19). The second-order valence-electron chi connectivity index (χ2n) is 5.44. The van der Waals surface area contributed by atoms with Gasteiger partial charge in [-0.3, -0.25) is 9.59 Å². The van der Waals surface area contributed by atoms with Crippen LogP contribution in [0.3, 0.4) is 0 Å². The van der Waals surface area contributed by atoms with Crippen LogP contribution in [0, 0.1) is 5.92 Å². The number of carbonyl (C=O) groups is 2. The van der Waals surface area contributed by atoms with Crippen molar-refractivity contribution in [3.05, 3.63) is 23.8 Å². The number of carbonyl (C=O) groups excluding carboxylic acids is 1. The predicted octanol–water partition coefficient (Wildman–Crippen LogP) is 2.28. The molecule has 1 aromatic carbocycles. The Kier molecular flexibility index (Phi) is 6.69. The lowest BCUT2D eigenvalue weighted by Gasteiger charge is -2.19. The van der Waals surface area contributed by atoms with Gasteiger partial charge >= 0.3 is 5.97 Å². The largest absolute Gasteiger partial charge is 0.497 e. The summed E-state index contributed by atoms with van der Waals surface area (Å²) in [5.41, 5.74) is 0.398. The SMILES string of the molecule is COc1ccc(C(=O)N(C)CCC(=O)O)c(OCC(C)C)c1. The van der Waals surface area contributed by atoms with Crippen molar-refractivity contribution in [1.29, 1.82) is 0 Å². The van der Waals surface area contributed by atoms with Gasteiger partial charge in [-0.1, -0.05) is 13.8 Å². The van der Waals surface area contributed by atoms with Crippen LogP contribution in [0.5, 0.6) is 11.5 Å². The highest BCUT2D eigenvalue weighted by Gasteiger charge is 2.18. The van der Waals surface area contributed by atoms with Crippen LogP contribution in [0.2, 0.25) is 0 Å². The summed E-state index contributed by atoms with van der Waals surface area (Å²) in [5, 5.41) is 8.70. The van der Waals surface area contributed by atoms with Crippen molar-refractivity contribution < 1.29 is 24.2 Å². The molecule has 0 spiro atoms. The highest BCUT2D eigenvalue weighted by molar-refractivity contribution is 5.97. The summed E-state index contributed by atoms with van der Waals surface area (Å²) in [7, 11) is 3.11. The van der Waals surface area contributed by atoms with E-state index >= 15 is 0 Å². The van der Waals surface area contributed by atoms with Crippen molar-refractivity contribution in [3.8, 4) is 11.5 Å². The number of hydrogen-bond donors (Lipinski definition) is 1. The third kappa shape index (κ3) is 5.27. The fraction of sp³-hybridized carbons (Fsp3) is 0.500. The number of amides is 1. The molecule has 1 aromatic rings. The van der Waals surface area contributed by atoms with Gasteiger partial charge in [0.1, 0.15) is 11.5 Å². The minimum Gasteiger partial charge on any atom is -0.497 e. The highest BCUT2D eigenvalue weighted by atomic mass is 16.5. The van der Waals surface area contributed by atoms with Crippen LogP contribution in [0.15, 0.2) is 18.2 Å². The molecule has 22 heavy (non-hydrogen) atoms. The fourth-order valence-electron chi connectivity index (χ4n) is 1.75. The molecular formula is C16H23NO5. The van der Waals surface area contributed by atoms with E-state index in [1.165, 1.54) is 4.90 Å². The summed E-state index contributed by atoms with van der Waals surface area (Å²) >= 11 is 0. The summed E-state index contributed by atoms with van der Waals surface area (Å²) in [6, 6.07) is 4.98. The number of ether oxygens (including phenoxy) is 2. The minimum atomic E-state index is -0.939. The van der Waals surface area contributed by atoms with E-state index in [4.69, 9.17) is 14.6 Å². The fourth-order valence-corrected chi connectivity index (χ4v) is 1.75. The maximum absolute atomic E-state index is 12.4. The van der Waals surface area contributed by atoms with Gasteiger partial charge in [0.05, 0.1) is 25.7 Å². The molecule has 0 heterocycles. The van der Waals surface area contributed by atoms with Gasteiger partial charge in [-0.25, -0.2) is 0 Å². The minimum absolute atomic E-state index is 0.0966. The zero-order valence-corrected chi connectivity index (χ0v) is 13.5. The van der Waals surface area contributed by atoms with Gasteiger partial charge in [0.15, 0.2) is 0 Å². The van der Waals surface area contributed by atoms with Crippen molar-refractivity contribution >= 4 is 11.9 Å². The van der Waals surface area contributed by atoms with Crippen LogP contribution < -0.4 is 9.47 Å². The first kappa shape index (κ1) is 17.8. The van der Waals surface area contributed by atoms with Crippen LogP contribution >= 0.6 is 0 Å². The average Bonchev–Trinajstić information content (AvgIpc) is 2.49. The quantitative estimate of drug-likeness (QED) is 0.797. The second-order valence-corrected chi connectivity index (χ2v) is 5.44. The molecule has 6 nitrogen and oxygen atoms in total. The van der Waals surface area contributed by atoms with Gasteiger partial charge < -0.3 is 19.5 Å². The summed E-state index contributed by atoms with van der Waals surface area (Å²) in [6.45, 7) is 4.65. The summed E-state index contributed by atoms with van der Waals surface area (Å²) < 4.78 is 10.8. The molecule has 0 radical (unpaired) electrons. The molecule has 6 heteroatoms. The molecule has 0 aliphatic carbocycles. The number of benzene rings is 1.